The van der Waals surface area contributed by atoms with Crippen LogP contribution in [-0.4, -0.2) is 36.6 Å². The molecule has 0 spiro atoms. The molecule has 2 unspecified atom stereocenters. The van der Waals surface area contributed by atoms with Crippen LogP contribution in [0, 0.1) is 18.3 Å². The van der Waals surface area contributed by atoms with Crippen molar-refractivity contribution >= 4 is 17.2 Å². The fourth-order valence-corrected chi connectivity index (χ4v) is 4.45. The summed E-state index contributed by atoms with van der Waals surface area (Å²) in [7, 11) is 2.16. The van der Waals surface area contributed by atoms with Crippen molar-refractivity contribution in [2.75, 3.05) is 20.1 Å². The summed E-state index contributed by atoms with van der Waals surface area (Å²) in [6.45, 7) is 1.81. The Bertz CT molecular complexity index is 628. The molecule has 0 radical (unpaired) electrons. The van der Waals surface area contributed by atoms with E-state index in [0.29, 0.717) is 31.2 Å². The smallest absolute Gasteiger partial charge is 0.220 e. The molecule has 3 rings (SSSR count). The van der Waals surface area contributed by atoms with Gasteiger partial charge in [-0.15, -0.1) is 23.7 Å². The molecule has 2 atom stereocenters. The summed E-state index contributed by atoms with van der Waals surface area (Å²) in [5, 5.41) is 13.4. The van der Waals surface area contributed by atoms with Crippen LogP contribution in [0.25, 0.3) is 0 Å². The van der Waals surface area contributed by atoms with Crippen molar-refractivity contribution < 1.29 is 4.79 Å². The van der Waals surface area contributed by atoms with Crippen molar-refractivity contribution in [1.29, 1.82) is 0 Å². The molecule has 2 aliphatic heterocycles. The quantitative estimate of drug-likeness (QED) is 0.736. The largest absolute Gasteiger partial charge is 0.356 e. The second-order valence-corrected chi connectivity index (χ2v) is 7.66. The molecule has 0 bridgehead atoms. The minimum absolute atomic E-state index is 0.0897. The number of amides is 1. The Kier molecular flexibility index (Phi) is 5.32. The molecule has 0 saturated carbocycles. The molecule has 1 aromatic heterocycles. The molecule has 5 nitrogen and oxygen atoms in total. The highest BCUT2D eigenvalue weighted by Gasteiger charge is 2.39. The van der Waals surface area contributed by atoms with Gasteiger partial charge >= 0.3 is 0 Å². The standard InChI is InChI=1S/C18H24N4OS/c1-3-4-9-18(20-21-18)10-7-16(23)19-13-14-8-11-22(2)17(14)15-6-5-12-24-15/h1,5-6,12,14,17H,4,7-11,13H2,2H3,(H,19,23). The van der Waals surface area contributed by atoms with Crippen LogP contribution in [0.1, 0.15) is 43.0 Å². The van der Waals surface area contributed by atoms with Crippen LogP contribution in [0.15, 0.2) is 27.7 Å². The Morgan fingerprint density at radius 3 is 3.04 bits per heavy atom. The predicted octanol–water partition coefficient (Wildman–Crippen LogP) is 3.21. The minimum Gasteiger partial charge on any atom is -0.356 e. The van der Waals surface area contributed by atoms with Crippen LogP contribution in [0.3, 0.4) is 0 Å². The maximum absolute atomic E-state index is 12.2. The van der Waals surface area contributed by atoms with Gasteiger partial charge in [-0.05, 0) is 37.4 Å². The predicted molar refractivity (Wildman–Crippen MR) is 95.7 cm³/mol. The maximum Gasteiger partial charge on any atom is 0.220 e. The molecule has 0 aromatic carbocycles. The van der Waals surface area contributed by atoms with Gasteiger partial charge in [0.2, 0.25) is 5.91 Å². The lowest BCUT2D eigenvalue weighted by Gasteiger charge is -2.24. The van der Waals surface area contributed by atoms with Crippen molar-refractivity contribution in [3.05, 3.63) is 22.4 Å². The van der Waals surface area contributed by atoms with Gasteiger partial charge in [0.25, 0.3) is 0 Å². The third kappa shape index (κ3) is 4.03. The highest BCUT2D eigenvalue weighted by molar-refractivity contribution is 7.10. The zero-order valence-electron chi connectivity index (χ0n) is 14.1. The molecule has 2 aliphatic rings. The number of thiophene rings is 1. The fourth-order valence-electron chi connectivity index (χ4n) is 3.46. The SMILES string of the molecule is C#CCCC1(CCC(=O)NCC2CCN(C)C2c2cccs2)N=N1. The number of terminal acetylenes is 1. The number of carbonyl (C=O) groups is 1. The van der Waals surface area contributed by atoms with Crippen molar-refractivity contribution in [1.82, 2.24) is 10.2 Å². The lowest BCUT2D eigenvalue weighted by atomic mass is 9.98. The Labute approximate surface area is 147 Å². The van der Waals surface area contributed by atoms with E-state index in [2.05, 4.69) is 50.9 Å². The maximum atomic E-state index is 12.2. The average Bonchev–Trinajstić information content (AvgIpc) is 2.97. The first kappa shape index (κ1) is 17.1. The summed E-state index contributed by atoms with van der Waals surface area (Å²) >= 11 is 1.80. The molecular weight excluding hydrogens is 320 g/mol. The van der Waals surface area contributed by atoms with Crippen molar-refractivity contribution in [3.63, 3.8) is 0 Å². The van der Waals surface area contributed by atoms with Crippen molar-refractivity contribution in [2.45, 2.75) is 43.8 Å². The lowest BCUT2D eigenvalue weighted by molar-refractivity contribution is -0.121. The first-order valence-electron chi connectivity index (χ1n) is 8.51. The Morgan fingerprint density at radius 2 is 2.38 bits per heavy atom. The number of hydrogen-bond acceptors (Lipinski definition) is 5. The van der Waals surface area contributed by atoms with Crippen LogP contribution in [0.2, 0.25) is 0 Å². The second-order valence-electron chi connectivity index (χ2n) is 6.68. The van der Waals surface area contributed by atoms with Gasteiger partial charge in [0, 0.05) is 43.1 Å². The molecule has 3 heterocycles. The Hall–Kier alpha value is -1.71. The van der Waals surface area contributed by atoms with Gasteiger partial charge in [-0.3, -0.25) is 9.69 Å². The molecular formula is C18H24N4OS. The molecule has 1 amide bonds. The number of carbonyl (C=O) groups excluding carboxylic acids is 1. The van der Waals surface area contributed by atoms with Gasteiger partial charge < -0.3 is 5.32 Å². The van der Waals surface area contributed by atoms with Crippen LogP contribution in [0.5, 0.6) is 0 Å². The number of likely N-dealkylation sites (tertiary alicyclic amines) is 1. The third-order valence-corrected chi connectivity index (χ3v) is 5.92. The van der Waals surface area contributed by atoms with Gasteiger partial charge in [-0.2, -0.15) is 10.2 Å². The van der Waals surface area contributed by atoms with E-state index < -0.39 is 0 Å². The van der Waals surface area contributed by atoms with Gasteiger partial charge in [0.05, 0.1) is 0 Å². The number of rotatable bonds is 8. The molecule has 1 aromatic rings. The summed E-state index contributed by atoms with van der Waals surface area (Å²) in [5.41, 5.74) is -0.364. The minimum atomic E-state index is -0.364. The summed E-state index contributed by atoms with van der Waals surface area (Å²) < 4.78 is 0. The molecule has 128 valence electrons. The van der Waals surface area contributed by atoms with E-state index in [1.54, 1.807) is 11.3 Å². The normalized spacial score (nSPS) is 24.7. The highest BCUT2D eigenvalue weighted by Crippen LogP contribution is 2.38. The van der Waals surface area contributed by atoms with Gasteiger partial charge in [0.1, 0.15) is 0 Å². The van der Waals surface area contributed by atoms with Crippen LogP contribution in [-0.2, 0) is 4.79 Å². The molecule has 1 saturated heterocycles. The zero-order valence-corrected chi connectivity index (χ0v) is 14.9. The highest BCUT2D eigenvalue weighted by atomic mass is 32.1. The second kappa shape index (κ2) is 7.45. The summed E-state index contributed by atoms with van der Waals surface area (Å²) in [5.74, 6) is 3.18. The molecule has 24 heavy (non-hydrogen) atoms. The number of hydrogen-bond donors (Lipinski definition) is 1. The van der Waals surface area contributed by atoms with E-state index in [4.69, 9.17) is 6.42 Å². The molecule has 6 heteroatoms. The number of nitrogens with one attached hydrogen (secondary N) is 1. The van der Waals surface area contributed by atoms with E-state index in [-0.39, 0.29) is 11.6 Å². The van der Waals surface area contributed by atoms with E-state index in [9.17, 15) is 4.79 Å². The van der Waals surface area contributed by atoms with E-state index in [0.717, 1.165) is 25.9 Å². The first-order valence-corrected chi connectivity index (χ1v) is 9.39. The summed E-state index contributed by atoms with van der Waals surface area (Å²) in [6.07, 6.45) is 8.95. The monoisotopic (exact) mass is 344 g/mol. The number of nitrogens with zero attached hydrogens (tertiary/aromatic N) is 3. The third-order valence-electron chi connectivity index (χ3n) is 4.98. The first-order chi connectivity index (χ1) is 11.6. The Morgan fingerprint density at radius 1 is 1.54 bits per heavy atom. The average molecular weight is 344 g/mol. The lowest BCUT2D eigenvalue weighted by Crippen LogP contribution is -2.32. The van der Waals surface area contributed by atoms with E-state index in [1.807, 2.05) is 0 Å². The van der Waals surface area contributed by atoms with Crippen LogP contribution in [0.4, 0.5) is 0 Å². The molecule has 1 fully saturated rings. The van der Waals surface area contributed by atoms with Gasteiger partial charge in [-0.25, -0.2) is 0 Å². The van der Waals surface area contributed by atoms with Gasteiger partial charge in [-0.1, -0.05) is 6.07 Å². The molecule has 0 aliphatic carbocycles. The van der Waals surface area contributed by atoms with Crippen LogP contribution >= 0.6 is 11.3 Å². The van der Waals surface area contributed by atoms with Crippen molar-refractivity contribution in [3.8, 4) is 12.3 Å². The summed E-state index contributed by atoms with van der Waals surface area (Å²) in [4.78, 5) is 16.0. The van der Waals surface area contributed by atoms with E-state index >= 15 is 0 Å². The topological polar surface area (TPSA) is 57.1 Å². The van der Waals surface area contributed by atoms with Crippen molar-refractivity contribution in [2.24, 2.45) is 16.1 Å². The summed E-state index contributed by atoms with van der Waals surface area (Å²) in [6, 6.07) is 4.71. The molecule has 1 N–H and O–H groups in total. The van der Waals surface area contributed by atoms with E-state index in [1.165, 1.54) is 4.88 Å². The zero-order chi connectivity index (χ0) is 17.0. The van der Waals surface area contributed by atoms with Gasteiger partial charge in [0.15, 0.2) is 5.66 Å². The Balaban J connectivity index is 1.44. The van der Waals surface area contributed by atoms with Crippen LogP contribution < -0.4 is 5.32 Å². The fraction of sp³-hybridized carbons (Fsp3) is 0.611.